The van der Waals surface area contributed by atoms with Crippen molar-refractivity contribution >= 4 is 0 Å². The van der Waals surface area contributed by atoms with Gasteiger partial charge >= 0.3 is 0 Å². The van der Waals surface area contributed by atoms with Crippen LogP contribution in [0.3, 0.4) is 0 Å². The molecule has 0 saturated heterocycles. The van der Waals surface area contributed by atoms with Crippen LogP contribution in [-0.4, -0.2) is 9.13 Å². The second kappa shape index (κ2) is 6.12. The molecule has 2 heterocycles. The van der Waals surface area contributed by atoms with Crippen molar-refractivity contribution in [2.75, 3.05) is 0 Å². The second-order valence-corrected chi connectivity index (χ2v) is 3.61. The van der Waals surface area contributed by atoms with Gasteiger partial charge in [0.2, 0.25) is 0 Å². The summed E-state index contributed by atoms with van der Waals surface area (Å²) < 4.78 is 4.12. The van der Waals surface area contributed by atoms with Gasteiger partial charge < -0.3 is 9.13 Å². The van der Waals surface area contributed by atoms with Crippen LogP contribution < -0.4 is 0 Å². The van der Waals surface area contributed by atoms with Gasteiger partial charge in [0, 0.05) is 38.4 Å². The normalized spacial score (nSPS) is 8.80. The van der Waals surface area contributed by atoms with Gasteiger partial charge in [0.05, 0.1) is 0 Å². The maximum atomic E-state index is 2.08. The summed E-state index contributed by atoms with van der Waals surface area (Å²) in [6, 6.07) is 6.20. The molecule has 0 amide bonds. The first-order chi connectivity index (χ1) is 6.59. The third-order valence-corrected chi connectivity index (χ3v) is 2.18. The van der Waals surface area contributed by atoms with E-state index in [4.69, 9.17) is 0 Å². The van der Waals surface area contributed by atoms with E-state index in [-0.39, 0.29) is 7.43 Å². The first-order valence-electron chi connectivity index (χ1n) is 4.76. The Bertz CT molecular complexity index is 350. The van der Waals surface area contributed by atoms with E-state index < -0.39 is 0 Å². The fourth-order valence-corrected chi connectivity index (χ4v) is 1.19. The molecule has 0 aromatic carbocycles. The van der Waals surface area contributed by atoms with E-state index in [1.165, 1.54) is 11.3 Å². The van der Waals surface area contributed by atoms with Crippen LogP contribution in [0.25, 0.3) is 0 Å². The molecule has 0 atom stereocenters. The minimum absolute atomic E-state index is 0. The summed E-state index contributed by atoms with van der Waals surface area (Å²) in [6.07, 6.45) is 6.16. The minimum atomic E-state index is 0. The zero-order valence-electron chi connectivity index (χ0n) is 9.36. The lowest BCUT2D eigenvalue weighted by atomic mass is 10.4. The topological polar surface area (TPSA) is 9.86 Å². The van der Waals surface area contributed by atoms with Crippen molar-refractivity contribution in [1.29, 1.82) is 0 Å². The molecule has 0 unspecified atom stereocenters. The number of aryl methyl sites for hydroxylation is 4. The molecule has 0 radical (unpaired) electrons. The van der Waals surface area contributed by atoms with Crippen molar-refractivity contribution in [2.24, 2.45) is 14.1 Å². The molecule has 0 aliphatic carbocycles. The summed E-state index contributed by atoms with van der Waals surface area (Å²) in [6.45, 7) is 4.17. The van der Waals surface area contributed by atoms with Crippen molar-refractivity contribution in [1.82, 2.24) is 9.13 Å². The molecule has 2 nitrogen and oxygen atoms in total. The molecule has 2 rings (SSSR count). The fraction of sp³-hybridized carbons (Fsp3) is 0.385. The van der Waals surface area contributed by atoms with E-state index in [0.717, 1.165) is 0 Å². The number of rotatable bonds is 0. The summed E-state index contributed by atoms with van der Waals surface area (Å²) in [4.78, 5) is 0. The van der Waals surface area contributed by atoms with Crippen LogP contribution in [0, 0.1) is 13.8 Å². The standard InChI is InChI=1S/2C6H9N.CH4/c1-6-3-4-7(2)5-6;1-6-4-3-5-7(6)2;/h2*3-5H,1-2H3;1H4. The van der Waals surface area contributed by atoms with Crippen LogP contribution >= 0.6 is 0 Å². The van der Waals surface area contributed by atoms with Crippen LogP contribution in [0.1, 0.15) is 18.7 Å². The molecule has 2 aromatic heterocycles. The Balaban J connectivity index is 0.000000245. The number of aromatic nitrogens is 2. The highest BCUT2D eigenvalue weighted by molar-refractivity contribution is 5.06. The van der Waals surface area contributed by atoms with Gasteiger partial charge in [-0.05, 0) is 37.6 Å². The summed E-state index contributed by atoms with van der Waals surface area (Å²) in [5, 5.41) is 0. The van der Waals surface area contributed by atoms with E-state index >= 15 is 0 Å². The van der Waals surface area contributed by atoms with E-state index in [1.54, 1.807) is 0 Å². The molecule has 15 heavy (non-hydrogen) atoms. The number of hydrogen-bond donors (Lipinski definition) is 0. The van der Waals surface area contributed by atoms with Crippen LogP contribution in [0.15, 0.2) is 36.8 Å². The van der Waals surface area contributed by atoms with E-state index in [1.807, 2.05) is 37.1 Å². The van der Waals surface area contributed by atoms with Crippen molar-refractivity contribution < 1.29 is 0 Å². The Morgan fingerprint density at radius 3 is 1.80 bits per heavy atom. The van der Waals surface area contributed by atoms with Gasteiger partial charge in [-0.1, -0.05) is 7.43 Å². The average molecular weight is 206 g/mol. The third-order valence-electron chi connectivity index (χ3n) is 2.18. The molecule has 0 saturated carbocycles. The van der Waals surface area contributed by atoms with Crippen LogP contribution in [0.5, 0.6) is 0 Å². The van der Waals surface area contributed by atoms with Gasteiger partial charge in [-0.3, -0.25) is 0 Å². The molecule has 0 fully saturated rings. The van der Waals surface area contributed by atoms with Gasteiger partial charge in [-0.15, -0.1) is 0 Å². The molecule has 0 bridgehead atoms. The lowest BCUT2D eigenvalue weighted by molar-refractivity contribution is 0.882. The Morgan fingerprint density at radius 1 is 1.00 bits per heavy atom. The lowest BCUT2D eigenvalue weighted by Gasteiger charge is -1.89. The Hall–Kier alpha value is -1.44. The molecule has 2 heteroatoms. The highest BCUT2D eigenvalue weighted by Gasteiger charge is 1.82. The molecule has 0 aliphatic rings. The average Bonchev–Trinajstić information content (AvgIpc) is 2.65. The van der Waals surface area contributed by atoms with Gasteiger partial charge in [0.15, 0.2) is 0 Å². The summed E-state index contributed by atoms with van der Waals surface area (Å²) >= 11 is 0. The molecular weight excluding hydrogens is 184 g/mol. The molecule has 2 aromatic rings. The van der Waals surface area contributed by atoms with Crippen LogP contribution in [0.2, 0.25) is 0 Å². The molecule has 84 valence electrons. The Labute approximate surface area is 93.2 Å². The zero-order chi connectivity index (χ0) is 10.6. The van der Waals surface area contributed by atoms with Gasteiger partial charge in [-0.25, -0.2) is 0 Å². The minimum Gasteiger partial charge on any atom is -0.357 e. The van der Waals surface area contributed by atoms with E-state index in [0.29, 0.717) is 0 Å². The molecule has 0 aliphatic heterocycles. The summed E-state index contributed by atoms with van der Waals surface area (Å²) in [7, 11) is 4.06. The number of nitrogens with zero attached hydrogens (tertiary/aromatic N) is 2. The van der Waals surface area contributed by atoms with Gasteiger partial charge in [-0.2, -0.15) is 0 Å². The highest BCUT2D eigenvalue weighted by Crippen LogP contribution is 1.94. The molecule has 0 N–H and O–H groups in total. The predicted molar refractivity (Wildman–Crippen MR) is 67.0 cm³/mol. The lowest BCUT2D eigenvalue weighted by Crippen LogP contribution is -1.84. The monoisotopic (exact) mass is 206 g/mol. The van der Waals surface area contributed by atoms with Gasteiger partial charge in [0.25, 0.3) is 0 Å². The predicted octanol–water partition coefficient (Wildman–Crippen LogP) is 3.30. The Morgan fingerprint density at radius 2 is 1.67 bits per heavy atom. The smallest absolute Gasteiger partial charge is 0.0140 e. The van der Waals surface area contributed by atoms with Crippen molar-refractivity contribution in [3.05, 3.63) is 48.0 Å². The largest absolute Gasteiger partial charge is 0.357 e. The second-order valence-electron chi connectivity index (χ2n) is 3.61. The van der Waals surface area contributed by atoms with Crippen LogP contribution in [-0.2, 0) is 14.1 Å². The van der Waals surface area contributed by atoms with Crippen molar-refractivity contribution in [3.8, 4) is 0 Å². The van der Waals surface area contributed by atoms with Gasteiger partial charge in [0.1, 0.15) is 0 Å². The van der Waals surface area contributed by atoms with Crippen molar-refractivity contribution in [3.63, 3.8) is 0 Å². The SMILES string of the molecule is C.Cc1cccn1C.Cc1ccn(C)c1. The zero-order valence-corrected chi connectivity index (χ0v) is 9.36. The van der Waals surface area contributed by atoms with E-state index in [2.05, 4.69) is 36.7 Å². The fourth-order valence-electron chi connectivity index (χ4n) is 1.19. The molecular formula is C13H22N2. The summed E-state index contributed by atoms with van der Waals surface area (Å²) in [5.74, 6) is 0. The number of hydrogen-bond acceptors (Lipinski definition) is 0. The Kier molecular flexibility index (Phi) is 5.53. The third kappa shape index (κ3) is 4.54. The highest BCUT2D eigenvalue weighted by atomic mass is 14.9. The molecule has 0 spiro atoms. The summed E-state index contributed by atoms with van der Waals surface area (Å²) in [5.41, 5.74) is 2.63. The van der Waals surface area contributed by atoms with E-state index in [9.17, 15) is 0 Å². The van der Waals surface area contributed by atoms with Crippen molar-refractivity contribution in [2.45, 2.75) is 21.3 Å². The first-order valence-corrected chi connectivity index (χ1v) is 4.76. The maximum Gasteiger partial charge on any atom is 0.0140 e. The maximum absolute atomic E-state index is 2.08. The quantitative estimate of drug-likeness (QED) is 0.626. The first kappa shape index (κ1) is 13.6. The van der Waals surface area contributed by atoms with Crippen LogP contribution in [0.4, 0.5) is 0 Å².